The van der Waals surface area contributed by atoms with Gasteiger partial charge in [0.2, 0.25) is 0 Å². The third-order valence-electron chi connectivity index (χ3n) is 4.11. The lowest BCUT2D eigenvalue weighted by Crippen LogP contribution is -2.16. The number of hydrogen-bond donors (Lipinski definition) is 0. The summed E-state index contributed by atoms with van der Waals surface area (Å²) >= 11 is 12.1. The van der Waals surface area contributed by atoms with Gasteiger partial charge in [0.25, 0.3) is 0 Å². The van der Waals surface area contributed by atoms with Crippen molar-refractivity contribution in [3.8, 4) is 0 Å². The zero-order valence-electron chi connectivity index (χ0n) is 13.8. The van der Waals surface area contributed by atoms with Crippen LogP contribution in [0.4, 0.5) is 13.2 Å². The molecule has 0 spiro atoms. The Morgan fingerprint density at radius 3 is 2.19 bits per heavy atom. The molecule has 1 aliphatic rings. The summed E-state index contributed by atoms with van der Waals surface area (Å²) in [4.78, 5) is 0. The predicted molar refractivity (Wildman–Crippen MR) is 98.9 cm³/mol. The minimum atomic E-state index is -4.76. The van der Waals surface area contributed by atoms with Crippen molar-refractivity contribution in [3.63, 3.8) is 0 Å². The van der Waals surface area contributed by atoms with Crippen LogP contribution in [0.2, 0.25) is 10.0 Å². The average molecular weight is 399 g/mol. The molecule has 0 saturated heterocycles. The lowest BCUT2D eigenvalue weighted by molar-refractivity contribution is -0.302. The van der Waals surface area contributed by atoms with E-state index in [0.717, 1.165) is 16.7 Å². The van der Waals surface area contributed by atoms with Gasteiger partial charge in [0.05, 0.1) is 10.0 Å². The molecular formula is C20H15Cl2F3O. The van der Waals surface area contributed by atoms with Crippen LogP contribution in [-0.4, -0.2) is 6.36 Å². The number of ether oxygens (including phenoxy) is 1. The number of alkyl halides is 3. The van der Waals surface area contributed by atoms with Gasteiger partial charge in [0, 0.05) is 5.57 Å². The summed E-state index contributed by atoms with van der Waals surface area (Å²) in [7, 11) is 0. The van der Waals surface area contributed by atoms with Crippen LogP contribution in [0.5, 0.6) is 0 Å². The first-order chi connectivity index (χ1) is 12.2. The van der Waals surface area contributed by atoms with Crippen molar-refractivity contribution >= 4 is 34.3 Å². The minimum Gasteiger partial charge on any atom is -0.405 e. The lowest BCUT2D eigenvalue weighted by atomic mass is 9.86. The number of rotatable bonds is 3. The van der Waals surface area contributed by atoms with E-state index < -0.39 is 6.36 Å². The van der Waals surface area contributed by atoms with Crippen LogP contribution in [0.25, 0.3) is 11.1 Å². The van der Waals surface area contributed by atoms with Crippen LogP contribution in [0.15, 0.2) is 54.3 Å². The normalized spacial score (nSPS) is 15.1. The first-order valence-electron chi connectivity index (χ1n) is 7.96. The van der Waals surface area contributed by atoms with E-state index in [1.807, 2.05) is 19.1 Å². The highest BCUT2D eigenvalue weighted by Crippen LogP contribution is 2.42. The van der Waals surface area contributed by atoms with Crippen LogP contribution in [-0.2, 0) is 4.74 Å². The highest BCUT2D eigenvalue weighted by atomic mass is 35.5. The minimum absolute atomic E-state index is 0.186. The largest absolute Gasteiger partial charge is 0.573 e. The Hall–Kier alpha value is -1.91. The van der Waals surface area contributed by atoms with Crippen LogP contribution in [0, 0.1) is 6.92 Å². The number of halogens is 5. The molecule has 0 amide bonds. The Balaban J connectivity index is 2.18. The third-order valence-corrected chi connectivity index (χ3v) is 4.85. The van der Waals surface area contributed by atoms with E-state index in [-0.39, 0.29) is 5.76 Å². The second-order valence-corrected chi connectivity index (χ2v) is 6.82. The van der Waals surface area contributed by atoms with Gasteiger partial charge in [-0.15, -0.1) is 13.2 Å². The van der Waals surface area contributed by atoms with Crippen molar-refractivity contribution in [1.29, 1.82) is 0 Å². The fraction of sp³-hybridized carbons (Fsp3) is 0.200. The molecule has 3 rings (SSSR count). The van der Waals surface area contributed by atoms with Gasteiger partial charge in [0.1, 0.15) is 5.76 Å². The molecule has 0 aliphatic heterocycles. The molecule has 0 atom stereocenters. The Morgan fingerprint density at radius 2 is 1.58 bits per heavy atom. The molecule has 26 heavy (non-hydrogen) atoms. The number of hydrogen-bond acceptors (Lipinski definition) is 1. The maximum Gasteiger partial charge on any atom is 0.573 e. The molecule has 0 unspecified atom stereocenters. The molecular weight excluding hydrogens is 384 g/mol. The molecule has 6 heteroatoms. The van der Waals surface area contributed by atoms with Crippen molar-refractivity contribution < 1.29 is 17.9 Å². The van der Waals surface area contributed by atoms with Gasteiger partial charge in [-0.3, -0.25) is 0 Å². The van der Waals surface area contributed by atoms with Gasteiger partial charge in [-0.2, -0.15) is 0 Å². The van der Waals surface area contributed by atoms with E-state index in [1.165, 1.54) is 6.08 Å². The van der Waals surface area contributed by atoms with E-state index in [9.17, 15) is 13.2 Å². The zero-order chi connectivity index (χ0) is 18.9. The van der Waals surface area contributed by atoms with E-state index in [2.05, 4.69) is 4.74 Å². The topological polar surface area (TPSA) is 9.23 Å². The second-order valence-electron chi connectivity index (χ2n) is 6.00. The van der Waals surface area contributed by atoms with Crippen LogP contribution in [0.3, 0.4) is 0 Å². The zero-order valence-corrected chi connectivity index (χ0v) is 15.3. The molecule has 2 aromatic carbocycles. The standard InChI is InChI=1S/C20H15Cl2F3O/c1-12-5-7-13(8-6-12)19-15(14-9-10-16(21)17(22)11-14)3-2-4-18(19)26-20(23,24)25/h4-11H,2-3H2,1H3. The fourth-order valence-electron chi connectivity index (χ4n) is 2.95. The molecule has 0 aromatic heterocycles. The van der Waals surface area contributed by atoms with E-state index in [0.29, 0.717) is 34.0 Å². The van der Waals surface area contributed by atoms with E-state index in [4.69, 9.17) is 23.2 Å². The predicted octanol–water partition coefficient (Wildman–Crippen LogP) is 7.43. The van der Waals surface area contributed by atoms with Gasteiger partial charge in [-0.1, -0.05) is 59.1 Å². The van der Waals surface area contributed by atoms with E-state index >= 15 is 0 Å². The maximum atomic E-state index is 12.9. The summed E-state index contributed by atoms with van der Waals surface area (Å²) in [5, 5.41) is 0.749. The first kappa shape index (κ1) is 18.9. The number of benzene rings is 2. The molecule has 0 fully saturated rings. The van der Waals surface area contributed by atoms with Gasteiger partial charge < -0.3 is 4.74 Å². The van der Waals surface area contributed by atoms with Gasteiger partial charge in [-0.05, 0) is 54.7 Å². The summed E-state index contributed by atoms with van der Waals surface area (Å²) in [5.41, 5.74) is 3.57. The summed E-state index contributed by atoms with van der Waals surface area (Å²) in [6.07, 6.45) is -2.27. The highest BCUT2D eigenvalue weighted by molar-refractivity contribution is 6.42. The van der Waals surface area contributed by atoms with Gasteiger partial charge >= 0.3 is 6.36 Å². The molecule has 2 aromatic rings. The third kappa shape index (κ3) is 4.25. The molecule has 0 saturated carbocycles. The Morgan fingerprint density at radius 1 is 0.923 bits per heavy atom. The molecule has 0 N–H and O–H groups in total. The quantitative estimate of drug-likeness (QED) is 0.522. The molecule has 0 bridgehead atoms. The monoisotopic (exact) mass is 398 g/mol. The van der Waals surface area contributed by atoms with Crippen molar-refractivity contribution in [2.75, 3.05) is 0 Å². The van der Waals surface area contributed by atoms with Crippen molar-refractivity contribution in [2.45, 2.75) is 26.1 Å². The highest BCUT2D eigenvalue weighted by Gasteiger charge is 2.35. The summed E-state index contributed by atoms with van der Waals surface area (Å²) in [5.74, 6) is -0.186. The molecule has 0 radical (unpaired) electrons. The van der Waals surface area contributed by atoms with Gasteiger partial charge in [-0.25, -0.2) is 0 Å². The molecule has 1 aliphatic carbocycles. The summed E-state index contributed by atoms with van der Waals surface area (Å²) < 4.78 is 43.1. The molecule has 0 heterocycles. The smallest absolute Gasteiger partial charge is 0.405 e. The van der Waals surface area contributed by atoms with Crippen molar-refractivity contribution in [1.82, 2.24) is 0 Å². The van der Waals surface area contributed by atoms with Crippen LogP contribution >= 0.6 is 23.2 Å². The summed E-state index contributed by atoms with van der Waals surface area (Å²) in [6.45, 7) is 1.92. The maximum absolute atomic E-state index is 12.9. The first-order valence-corrected chi connectivity index (χ1v) is 8.72. The number of aryl methyl sites for hydroxylation is 1. The SMILES string of the molecule is Cc1ccc(C2=C(c3ccc(Cl)c(Cl)c3)CCC=C2OC(F)(F)F)cc1. The molecule has 136 valence electrons. The van der Waals surface area contributed by atoms with Crippen molar-refractivity contribution in [2.24, 2.45) is 0 Å². The second kappa shape index (κ2) is 7.37. The fourth-order valence-corrected chi connectivity index (χ4v) is 3.25. The lowest BCUT2D eigenvalue weighted by Gasteiger charge is -2.24. The Kier molecular flexibility index (Phi) is 5.35. The van der Waals surface area contributed by atoms with Crippen LogP contribution in [0.1, 0.15) is 29.5 Å². The Bertz CT molecular complexity index is 881. The Labute approximate surface area is 159 Å². The van der Waals surface area contributed by atoms with Crippen LogP contribution < -0.4 is 0 Å². The van der Waals surface area contributed by atoms with Gasteiger partial charge in [0.15, 0.2) is 0 Å². The van der Waals surface area contributed by atoms with Crippen molar-refractivity contribution in [3.05, 3.63) is 81.0 Å². The summed E-state index contributed by atoms with van der Waals surface area (Å²) in [6, 6.07) is 12.4. The van der Waals surface area contributed by atoms with E-state index in [1.54, 1.807) is 30.3 Å². The average Bonchev–Trinajstić information content (AvgIpc) is 2.57. The molecule has 1 nitrogen and oxygen atoms in total. The number of allylic oxidation sites excluding steroid dienone is 3.